The minimum Gasteiger partial charge on any atom is -0.381 e. The van der Waals surface area contributed by atoms with Gasteiger partial charge in [-0.1, -0.05) is 6.92 Å². The highest BCUT2D eigenvalue weighted by atomic mass is 32.2. The predicted octanol–water partition coefficient (Wildman–Crippen LogP) is -0.459. The van der Waals surface area contributed by atoms with Crippen molar-refractivity contribution in [3.63, 3.8) is 0 Å². The first-order chi connectivity index (χ1) is 8.29. The molecule has 1 aromatic rings. The number of hydrogen-bond acceptors (Lipinski definition) is 5. The fraction of sp³-hybridized carbons (Fsp3) is 0.700. The standard InChI is InChI=1S/C10H21N5O2S/c1-5-14(3)7-6-12-18(16,17)9-8(2)15(4)13-10(9)11/h12H,5-7H2,1-4H3,(H2,11,13). The van der Waals surface area contributed by atoms with Crippen LogP contribution in [-0.2, 0) is 17.1 Å². The van der Waals surface area contributed by atoms with Crippen molar-refractivity contribution in [2.45, 2.75) is 18.7 Å². The first-order valence-electron chi connectivity index (χ1n) is 5.77. The second-order valence-corrected chi connectivity index (χ2v) is 5.92. The van der Waals surface area contributed by atoms with Gasteiger partial charge in [0.15, 0.2) is 5.82 Å². The number of rotatable bonds is 6. The number of nitrogens with zero attached hydrogens (tertiary/aromatic N) is 3. The molecule has 18 heavy (non-hydrogen) atoms. The van der Waals surface area contributed by atoms with E-state index in [1.54, 1.807) is 14.0 Å². The zero-order valence-electron chi connectivity index (χ0n) is 11.3. The van der Waals surface area contributed by atoms with Crippen molar-refractivity contribution in [2.75, 3.05) is 32.4 Å². The Labute approximate surface area is 108 Å². The van der Waals surface area contributed by atoms with Crippen molar-refractivity contribution >= 4 is 15.8 Å². The average molecular weight is 275 g/mol. The van der Waals surface area contributed by atoms with Gasteiger partial charge in [0.2, 0.25) is 10.0 Å². The molecule has 0 aliphatic heterocycles. The fourth-order valence-electron chi connectivity index (χ4n) is 1.55. The van der Waals surface area contributed by atoms with Gasteiger partial charge in [0, 0.05) is 20.1 Å². The van der Waals surface area contributed by atoms with Crippen molar-refractivity contribution in [3.8, 4) is 0 Å². The highest BCUT2D eigenvalue weighted by Gasteiger charge is 2.24. The maximum absolute atomic E-state index is 12.1. The Kier molecular flexibility index (Phi) is 4.71. The van der Waals surface area contributed by atoms with E-state index >= 15 is 0 Å². The average Bonchev–Trinajstić information content (AvgIpc) is 2.52. The van der Waals surface area contributed by atoms with Gasteiger partial charge in [-0.3, -0.25) is 4.68 Å². The monoisotopic (exact) mass is 275 g/mol. The van der Waals surface area contributed by atoms with E-state index in [4.69, 9.17) is 5.73 Å². The van der Waals surface area contributed by atoms with E-state index in [0.29, 0.717) is 18.8 Å². The van der Waals surface area contributed by atoms with E-state index < -0.39 is 10.0 Å². The number of hydrogen-bond donors (Lipinski definition) is 2. The highest BCUT2D eigenvalue weighted by Crippen LogP contribution is 2.20. The maximum Gasteiger partial charge on any atom is 0.246 e. The SMILES string of the molecule is CCN(C)CCNS(=O)(=O)c1c(N)nn(C)c1C. The van der Waals surface area contributed by atoms with E-state index in [0.717, 1.165) is 6.54 Å². The molecule has 1 heterocycles. The normalized spacial score (nSPS) is 12.3. The van der Waals surface area contributed by atoms with Crippen LogP contribution in [0.25, 0.3) is 0 Å². The number of likely N-dealkylation sites (N-methyl/N-ethyl adjacent to an activating group) is 1. The van der Waals surface area contributed by atoms with Gasteiger partial charge in [-0.15, -0.1) is 0 Å². The molecule has 0 aromatic carbocycles. The Morgan fingerprint density at radius 2 is 2.11 bits per heavy atom. The number of anilines is 1. The molecule has 0 saturated heterocycles. The summed E-state index contributed by atoms with van der Waals surface area (Å²) in [6.07, 6.45) is 0. The van der Waals surface area contributed by atoms with Gasteiger partial charge >= 0.3 is 0 Å². The maximum atomic E-state index is 12.1. The van der Waals surface area contributed by atoms with Crippen LogP contribution in [0.5, 0.6) is 0 Å². The number of sulfonamides is 1. The number of aryl methyl sites for hydroxylation is 1. The summed E-state index contributed by atoms with van der Waals surface area (Å²) >= 11 is 0. The summed E-state index contributed by atoms with van der Waals surface area (Å²) in [6.45, 7) is 5.55. The lowest BCUT2D eigenvalue weighted by Gasteiger charge is -2.14. The van der Waals surface area contributed by atoms with Crippen molar-refractivity contribution in [3.05, 3.63) is 5.69 Å². The Balaban J connectivity index is 2.81. The molecule has 1 rings (SSSR count). The summed E-state index contributed by atoms with van der Waals surface area (Å²) < 4.78 is 28.2. The van der Waals surface area contributed by atoms with Crippen molar-refractivity contribution in [1.82, 2.24) is 19.4 Å². The van der Waals surface area contributed by atoms with Gasteiger partial charge in [0.05, 0.1) is 5.69 Å². The second-order valence-electron chi connectivity index (χ2n) is 4.22. The lowest BCUT2D eigenvalue weighted by molar-refractivity contribution is 0.358. The van der Waals surface area contributed by atoms with Crippen LogP contribution in [0.1, 0.15) is 12.6 Å². The summed E-state index contributed by atoms with van der Waals surface area (Å²) in [4.78, 5) is 2.09. The molecule has 0 atom stereocenters. The molecule has 0 spiro atoms. The van der Waals surface area contributed by atoms with E-state index in [9.17, 15) is 8.42 Å². The van der Waals surface area contributed by atoms with Crippen LogP contribution >= 0.6 is 0 Å². The van der Waals surface area contributed by atoms with Crippen LogP contribution in [-0.4, -0.2) is 49.8 Å². The first-order valence-corrected chi connectivity index (χ1v) is 7.25. The van der Waals surface area contributed by atoms with Crippen molar-refractivity contribution in [2.24, 2.45) is 7.05 Å². The predicted molar refractivity (Wildman–Crippen MR) is 70.7 cm³/mol. The van der Waals surface area contributed by atoms with Gasteiger partial charge in [0.1, 0.15) is 4.90 Å². The zero-order valence-corrected chi connectivity index (χ0v) is 12.1. The molecule has 0 fully saturated rings. The molecule has 0 aliphatic rings. The molecule has 8 heteroatoms. The van der Waals surface area contributed by atoms with Gasteiger partial charge in [-0.2, -0.15) is 5.10 Å². The Bertz CT molecular complexity index is 509. The van der Waals surface area contributed by atoms with Gasteiger partial charge in [-0.05, 0) is 20.5 Å². The number of nitrogens with one attached hydrogen (secondary N) is 1. The van der Waals surface area contributed by atoms with E-state index in [2.05, 4.69) is 9.82 Å². The van der Waals surface area contributed by atoms with E-state index in [-0.39, 0.29) is 10.7 Å². The molecular weight excluding hydrogens is 254 g/mol. The fourth-order valence-corrected chi connectivity index (χ4v) is 2.89. The largest absolute Gasteiger partial charge is 0.381 e. The molecule has 0 saturated carbocycles. The summed E-state index contributed by atoms with van der Waals surface area (Å²) in [5.74, 6) is 0.0337. The molecule has 1 aromatic heterocycles. The summed E-state index contributed by atoms with van der Waals surface area (Å²) in [7, 11) is 0.00115. The van der Waals surface area contributed by atoms with Gasteiger partial charge < -0.3 is 10.6 Å². The van der Waals surface area contributed by atoms with Gasteiger partial charge in [-0.25, -0.2) is 13.1 Å². The molecule has 0 aliphatic carbocycles. The molecule has 0 unspecified atom stereocenters. The number of nitrogens with two attached hydrogens (primary N) is 1. The van der Waals surface area contributed by atoms with E-state index in [1.165, 1.54) is 4.68 Å². The quantitative estimate of drug-likeness (QED) is 0.733. The smallest absolute Gasteiger partial charge is 0.246 e. The lowest BCUT2D eigenvalue weighted by Crippen LogP contribution is -2.33. The number of nitrogen functional groups attached to an aromatic ring is 1. The van der Waals surface area contributed by atoms with Gasteiger partial charge in [0.25, 0.3) is 0 Å². The third kappa shape index (κ3) is 3.21. The molecule has 7 nitrogen and oxygen atoms in total. The third-order valence-electron chi connectivity index (χ3n) is 2.90. The van der Waals surface area contributed by atoms with E-state index in [1.807, 2.05) is 18.9 Å². The molecule has 0 amide bonds. The second kappa shape index (κ2) is 5.68. The minimum absolute atomic E-state index is 0.0337. The van der Waals surface area contributed by atoms with Crippen molar-refractivity contribution in [1.29, 1.82) is 0 Å². The Morgan fingerprint density at radius 1 is 1.50 bits per heavy atom. The Morgan fingerprint density at radius 3 is 2.56 bits per heavy atom. The topological polar surface area (TPSA) is 93.2 Å². The summed E-state index contributed by atoms with van der Waals surface area (Å²) in [5, 5.41) is 3.90. The van der Waals surface area contributed by atoms with Crippen LogP contribution in [0.3, 0.4) is 0 Å². The first kappa shape index (κ1) is 14.9. The molecule has 3 N–H and O–H groups in total. The van der Waals surface area contributed by atoms with Crippen LogP contribution < -0.4 is 10.5 Å². The van der Waals surface area contributed by atoms with Crippen LogP contribution in [0.15, 0.2) is 4.90 Å². The summed E-state index contributed by atoms with van der Waals surface area (Å²) in [5.41, 5.74) is 6.16. The molecule has 0 radical (unpaired) electrons. The Hall–Kier alpha value is -1.12. The number of aromatic nitrogens is 2. The van der Waals surface area contributed by atoms with Crippen LogP contribution in [0.2, 0.25) is 0 Å². The highest BCUT2D eigenvalue weighted by molar-refractivity contribution is 7.89. The third-order valence-corrected chi connectivity index (χ3v) is 4.52. The zero-order chi connectivity index (χ0) is 13.9. The molecule has 104 valence electrons. The molecule has 0 bridgehead atoms. The van der Waals surface area contributed by atoms with Crippen molar-refractivity contribution < 1.29 is 8.42 Å². The minimum atomic E-state index is -3.59. The van der Waals surface area contributed by atoms with Crippen LogP contribution in [0, 0.1) is 6.92 Å². The summed E-state index contributed by atoms with van der Waals surface area (Å²) in [6, 6.07) is 0. The van der Waals surface area contributed by atoms with Crippen LogP contribution in [0.4, 0.5) is 5.82 Å². The molecular formula is C10H21N5O2S. The lowest BCUT2D eigenvalue weighted by atomic mass is 10.5.